The average Bonchev–Trinajstić information content (AvgIpc) is 3.00. The third kappa shape index (κ3) is 3.07. The zero-order valence-electron chi connectivity index (χ0n) is 13.3. The van der Waals surface area contributed by atoms with Gasteiger partial charge in [-0.25, -0.2) is 9.67 Å². The number of rotatable bonds is 4. The number of hydrogen-bond acceptors (Lipinski definition) is 5. The van der Waals surface area contributed by atoms with Crippen LogP contribution < -0.4 is 5.56 Å². The summed E-state index contributed by atoms with van der Waals surface area (Å²) < 4.78 is 2.24. The number of aromatic nitrogens is 3. The lowest BCUT2D eigenvalue weighted by Gasteiger charge is -2.08. The van der Waals surface area contributed by atoms with Crippen LogP contribution in [0.2, 0.25) is 5.02 Å². The highest BCUT2D eigenvalue weighted by atomic mass is 35.5. The fourth-order valence-corrected chi connectivity index (χ4v) is 3.93. The summed E-state index contributed by atoms with van der Waals surface area (Å²) in [7, 11) is 0. The molecule has 4 rings (SSSR count). The van der Waals surface area contributed by atoms with Crippen molar-refractivity contribution in [2.24, 2.45) is 0 Å². The van der Waals surface area contributed by atoms with Gasteiger partial charge in [-0.2, -0.15) is 5.10 Å². The van der Waals surface area contributed by atoms with Crippen molar-refractivity contribution in [2.45, 2.75) is 13.0 Å². The van der Waals surface area contributed by atoms with E-state index in [4.69, 9.17) is 16.7 Å². The van der Waals surface area contributed by atoms with Gasteiger partial charge in [0.25, 0.3) is 5.56 Å². The Morgan fingerprint density at radius 3 is 2.73 bits per heavy atom. The number of nitrogens with zero attached hydrogens (tertiary/aromatic N) is 3. The number of aliphatic carboxylic acids is 1. The first-order valence-electron chi connectivity index (χ1n) is 7.77. The molecule has 0 aliphatic rings. The van der Waals surface area contributed by atoms with Crippen molar-refractivity contribution in [1.29, 1.82) is 0 Å². The topological polar surface area (TPSA) is 85.1 Å². The Bertz CT molecular complexity index is 1220. The Hall–Kier alpha value is -2.77. The normalized spacial score (nSPS) is 11.3. The van der Waals surface area contributed by atoms with Gasteiger partial charge >= 0.3 is 5.97 Å². The first kappa shape index (κ1) is 16.7. The highest BCUT2D eigenvalue weighted by molar-refractivity contribution is 7.18. The molecule has 1 N–H and O–H groups in total. The van der Waals surface area contributed by atoms with Gasteiger partial charge in [-0.3, -0.25) is 9.59 Å². The molecule has 2 heterocycles. The third-order valence-corrected chi connectivity index (χ3v) is 5.20. The van der Waals surface area contributed by atoms with Crippen molar-refractivity contribution in [1.82, 2.24) is 14.8 Å². The highest BCUT2D eigenvalue weighted by Gasteiger charge is 2.14. The summed E-state index contributed by atoms with van der Waals surface area (Å²) >= 11 is 7.44. The van der Waals surface area contributed by atoms with Gasteiger partial charge in [0.05, 0.1) is 34.3 Å². The average molecular weight is 386 g/mol. The summed E-state index contributed by atoms with van der Waals surface area (Å²) in [4.78, 5) is 28.4. The molecule has 26 heavy (non-hydrogen) atoms. The van der Waals surface area contributed by atoms with Crippen LogP contribution in [0.1, 0.15) is 10.7 Å². The molecular weight excluding hydrogens is 374 g/mol. The van der Waals surface area contributed by atoms with Crippen molar-refractivity contribution >= 4 is 49.9 Å². The van der Waals surface area contributed by atoms with Gasteiger partial charge in [0, 0.05) is 10.4 Å². The summed E-state index contributed by atoms with van der Waals surface area (Å²) in [6.07, 6.45) is -0.254. The molecule has 0 atom stereocenters. The summed E-state index contributed by atoms with van der Waals surface area (Å²) in [5, 5.41) is 15.7. The predicted octanol–water partition coefficient (Wildman–Crippen LogP) is 3.34. The number of benzene rings is 2. The molecule has 2 aromatic carbocycles. The van der Waals surface area contributed by atoms with Crippen LogP contribution in [0.4, 0.5) is 0 Å². The molecule has 0 bridgehead atoms. The lowest BCUT2D eigenvalue weighted by atomic mass is 10.1. The molecule has 4 aromatic rings. The van der Waals surface area contributed by atoms with E-state index >= 15 is 0 Å². The zero-order chi connectivity index (χ0) is 18.3. The van der Waals surface area contributed by atoms with Gasteiger partial charge in [0.15, 0.2) is 0 Å². The van der Waals surface area contributed by atoms with Crippen molar-refractivity contribution in [3.63, 3.8) is 0 Å². The van der Waals surface area contributed by atoms with E-state index in [0.29, 0.717) is 26.5 Å². The molecule has 0 aliphatic carbocycles. The van der Waals surface area contributed by atoms with E-state index in [2.05, 4.69) is 10.1 Å². The van der Waals surface area contributed by atoms with E-state index in [0.717, 1.165) is 10.2 Å². The number of thiazole rings is 1. The standard InChI is InChI=1S/C18H12ClN3O3S/c19-10-5-6-15-14(7-10)20-16(26-15)9-22-18(25)12-4-2-1-3-11(12)13(21-22)8-17(23)24/h1-7H,8-9H2,(H,23,24). The maximum atomic E-state index is 12.7. The van der Waals surface area contributed by atoms with E-state index in [1.54, 1.807) is 36.4 Å². The van der Waals surface area contributed by atoms with Crippen LogP contribution in [-0.4, -0.2) is 25.8 Å². The van der Waals surface area contributed by atoms with Crippen LogP contribution >= 0.6 is 22.9 Å². The highest BCUT2D eigenvalue weighted by Crippen LogP contribution is 2.25. The maximum absolute atomic E-state index is 12.7. The lowest BCUT2D eigenvalue weighted by molar-refractivity contribution is -0.136. The summed E-state index contributed by atoms with van der Waals surface area (Å²) in [6.45, 7) is 0.174. The SMILES string of the molecule is O=C(O)Cc1nn(Cc2nc3cc(Cl)ccc3s2)c(=O)c2ccccc12. The Kier molecular flexibility index (Phi) is 4.18. The summed E-state index contributed by atoms with van der Waals surface area (Å²) in [5.41, 5.74) is 0.848. The molecule has 0 radical (unpaired) electrons. The minimum atomic E-state index is -0.998. The fraction of sp³-hybridized carbons (Fsp3) is 0.111. The molecular formula is C18H12ClN3O3S. The van der Waals surface area contributed by atoms with Crippen LogP contribution in [0, 0.1) is 0 Å². The first-order valence-corrected chi connectivity index (χ1v) is 8.96. The molecule has 0 unspecified atom stereocenters. The summed E-state index contributed by atoms with van der Waals surface area (Å²) in [5.74, 6) is -0.998. The molecule has 130 valence electrons. The van der Waals surface area contributed by atoms with Crippen LogP contribution in [0.25, 0.3) is 21.0 Å². The van der Waals surface area contributed by atoms with E-state index in [1.807, 2.05) is 6.07 Å². The molecule has 0 spiro atoms. The van der Waals surface area contributed by atoms with Gasteiger partial charge in [0.1, 0.15) is 5.01 Å². The smallest absolute Gasteiger partial charge is 0.309 e. The second kappa shape index (κ2) is 6.51. The lowest BCUT2D eigenvalue weighted by Crippen LogP contribution is -2.26. The van der Waals surface area contributed by atoms with Crippen molar-refractivity contribution in [2.75, 3.05) is 0 Å². The molecule has 2 aromatic heterocycles. The number of carboxylic acids is 1. The van der Waals surface area contributed by atoms with Crippen LogP contribution in [0.5, 0.6) is 0 Å². The second-order valence-corrected chi connectivity index (χ2v) is 7.30. The minimum absolute atomic E-state index is 0.174. The molecule has 0 aliphatic heterocycles. The predicted molar refractivity (Wildman–Crippen MR) is 101 cm³/mol. The van der Waals surface area contributed by atoms with Crippen LogP contribution in [0.15, 0.2) is 47.3 Å². The third-order valence-electron chi connectivity index (χ3n) is 3.94. The molecule has 8 heteroatoms. The number of hydrogen-bond donors (Lipinski definition) is 1. The second-order valence-electron chi connectivity index (χ2n) is 5.75. The molecule has 0 saturated heterocycles. The fourth-order valence-electron chi connectivity index (χ4n) is 2.83. The number of carbonyl (C=O) groups is 1. The Balaban J connectivity index is 1.83. The van der Waals surface area contributed by atoms with Crippen LogP contribution in [0.3, 0.4) is 0 Å². The minimum Gasteiger partial charge on any atom is -0.481 e. The molecule has 0 saturated carbocycles. The Morgan fingerprint density at radius 2 is 1.96 bits per heavy atom. The summed E-state index contributed by atoms with van der Waals surface area (Å²) in [6, 6.07) is 12.3. The van der Waals surface area contributed by atoms with Gasteiger partial charge in [0.2, 0.25) is 0 Å². The first-order chi connectivity index (χ1) is 12.5. The van der Waals surface area contributed by atoms with E-state index in [9.17, 15) is 9.59 Å². The molecule has 0 fully saturated rings. The maximum Gasteiger partial charge on any atom is 0.309 e. The van der Waals surface area contributed by atoms with Crippen LogP contribution in [-0.2, 0) is 17.8 Å². The Morgan fingerprint density at radius 1 is 1.19 bits per heavy atom. The zero-order valence-corrected chi connectivity index (χ0v) is 14.9. The Labute approximate surface area is 156 Å². The van der Waals surface area contributed by atoms with Gasteiger partial charge in [-0.1, -0.05) is 29.8 Å². The number of fused-ring (bicyclic) bond motifs is 2. The number of halogens is 1. The van der Waals surface area contributed by atoms with E-state index < -0.39 is 5.97 Å². The van der Waals surface area contributed by atoms with Crippen molar-refractivity contribution in [3.05, 3.63) is 68.5 Å². The quantitative estimate of drug-likeness (QED) is 0.582. The molecule has 0 amide bonds. The molecule has 6 nitrogen and oxygen atoms in total. The van der Waals surface area contributed by atoms with Crippen molar-refractivity contribution in [3.8, 4) is 0 Å². The van der Waals surface area contributed by atoms with Gasteiger partial charge < -0.3 is 5.11 Å². The largest absolute Gasteiger partial charge is 0.481 e. The van der Waals surface area contributed by atoms with E-state index in [1.165, 1.54) is 16.0 Å². The number of carboxylic acid groups (broad SMARTS) is 1. The van der Waals surface area contributed by atoms with Crippen molar-refractivity contribution < 1.29 is 9.90 Å². The van der Waals surface area contributed by atoms with Gasteiger partial charge in [-0.05, 0) is 24.3 Å². The van der Waals surface area contributed by atoms with Gasteiger partial charge in [-0.15, -0.1) is 11.3 Å². The monoisotopic (exact) mass is 385 g/mol. The van der Waals surface area contributed by atoms with E-state index in [-0.39, 0.29) is 18.5 Å².